The van der Waals surface area contributed by atoms with Gasteiger partial charge in [0.05, 0.1) is 18.5 Å². The summed E-state index contributed by atoms with van der Waals surface area (Å²) in [4.78, 5) is 5.32. The van der Waals surface area contributed by atoms with Gasteiger partial charge in [-0.1, -0.05) is 11.8 Å². The van der Waals surface area contributed by atoms with E-state index in [1.807, 2.05) is 11.6 Å². The SMILES string of the molecule is Cn1c(CO)cnc1SCCSc1ccc(F)cc1. The zero-order valence-electron chi connectivity index (χ0n) is 10.5. The molecule has 0 radical (unpaired) electrons. The molecule has 0 atom stereocenters. The maximum absolute atomic E-state index is 12.7. The van der Waals surface area contributed by atoms with Gasteiger partial charge in [0.25, 0.3) is 0 Å². The molecule has 0 saturated carbocycles. The topological polar surface area (TPSA) is 38.0 Å². The van der Waals surface area contributed by atoms with Crippen molar-refractivity contribution in [1.82, 2.24) is 9.55 Å². The minimum absolute atomic E-state index is 0.00832. The summed E-state index contributed by atoms with van der Waals surface area (Å²) in [5.74, 6) is 1.64. The highest BCUT2D eigenvalue weighted by atomic mass is 32.2. The zero-order valence-corrected chi connectivity index (χ0v) is 12.2. The maximum atomic E-state index is 12.7. The Morgan fingerprint density at radius 3 is 2.53 bits per heavy atom. The van der Waals surface area contributed by atoms with Crippen LogP contribution in [0.4, 0.5) is 4.39 Å². The lowest BCUT2D eigenvalue weighted by molar-refractivity contribution is 0.271. The van der Waals surface area contributed by atoms with E-state index in [0.29, 0.717) is 0 Å². The summed E-state index contributed by atoms with van der Waals surface area (Å²) < 4.78 is 14.6. The molecule has 0 bridgehead atoms. The van der Waals surface area contributed by atoms with E-state index in [2.05, 4.69) is 4.98 Å². The third-order valence-corrected chi connectivity index (χ3v) is 4.92. The van der Waals surface area contributed by atoms with Gasteiger partial charge in [-0.15, -0.1) is 11.8 Å². The number of aliphatic hydroxyl groups excluding tert-OH is 1. The molecular weight excluding hydrogens is 283 g/mol. The molecule has 1 aromatic carbocycles. The van der Waals surface area contributed by atoms with Crippen LogP contribution in [0.25, 0.3) is 0 Å². The highest BCUT2D eigenvalue weighted by Gasteiger charge is 2.05. The van der Waals surface area contributed by atoms with Crippen LogP contribution >= 0.6 is 23.5 Å². The molecule has 0 fully saturated rings. The molecule has 3 nitrogen and oxygen atoms in total. The van der Waals surface area contributed by atoms with E-state index < -0.39 is 0 Å². The summed E-state index contributed by atoms with van der Waals surface area (Å²) in [6.45, 7) is 0.00832. The van der Waals surface area contributed by atoms with Crippen molar-refractivity contribution >= 4 is 23.5 Å². The molecule has 6 heteroatoms. The number of imidazole rings is 1. The minimum atomic E-state index is -0.205. The van der Waals surface area contributed by atoms with Crippen LogP contribution in [-0.4, -0.2) is 26.2 Å². The second-order valence-electron chi connectivity index (χ2n) is 3.90. The van der Waals surface area contributed by atoms with Crippen LogP contribution in [0.1, 0.15) is 5.69 Å². The number of aliphatic hydroxyl groups is 1. The van der Waals surface area contributed by atoms with Crippen molar-refractivity contribution in [3.8, 4) is 0 Å². The van der Waals surface area contributed by atoms with Gasteiger partial charge in [0.15, 0.2) is 5.16 Å². The first kappa shape index (κ1) is 14.4. The highest BCUT2D eigenvalue weighted by Crippen LogP contribution is 2.22. The molecule has 0 aliphatic heterocycles. The van der Waals surface area contributed by atoms with Crippen molar-refractivity contribution in [2.45, 2.75) is 16.7 Å². The number of rotatable bonds is 6. The average molecular weight is 298 g/mol. The fourth-order valence-electron chi connectivity index (χ4n) is 1.53. The predicted octanol–water partition coefficient (Wildman–Crippen LogP) is 2.94. The van der Waals surface area contributed by atoms with Crippen molar-refractivity contribution in [1.29, 1.82) is 0 Å². The molecule has 1 aromatic heterocycles. The third-order valence-electron chi connectivity index (χ3n) is 2.60. The summed E-state index contributed by atoms with van der Waals surface area (Å²) in [7, 11) is 1.90. The molecule has 102 valence electrons. The van der Waals surface area contributed by atoms with Gasteiger partial charge < -0.3 is 9.67 Å². The Kier molecular flexibility index (Phi) is 5.30. The molecule has 1 N–H and O–H groups in total. The Balaban J connectivity index is 1.77. The predicted molar refractivity (Wildman–Crippen MR) is 77.0 cm³/mol. The second kappa shape index (κ2) is 6.98. The van der Waals surface area contributed by atoms with E-state index in [1.54, 1.807) is 41.9 Å². The maximum Gasteiger partial charge on any atom is 0.167 e. The summed E-state index contributed by atoms with van der Waals surface area (Å²) in [6, 6.07) is 6.52. The van der Waals surface area contributed by atoms with Crippen molar-refractivity contribution < 1.29 is 9.50 Å². The molecule has 0 saturated heterocycles. The molecule has 2 aromatic rings. The van der Waals surface area contributed by atoms with Crippen LogP contribution in [0.3, 0.4) is 0 Å². The number of nitrogens with zero attached hydrogens (tertiary/aromatic N) is 2. The van der Waals surface area contributed by atoms with Gasteiger partial charge >= 0.3 is 0 Å². The van der Waals surface area contributed by atoms with Crippen LogP contribution in [0.2, 0.25) is 0 Å². The molecule has 0 aliphatic carbocycles. The van der Waals surface area contributed by atoms with Crippen molar-refractivity contribution in [2.75, 3.05) is 11.5 Å². The zero-order chi connectivity index (χ0) is 13.7. The van der Waals surface area contributed by atoms with Crippen LogP contribution in [0.15, 0.2) is 40.5 Å². The molecular formula is C13H15FN2OS2. The van der Waals surface area contributed by atoms with Gasteiger partial charge in [-0.3, -0.25) is 0 Å². The van der Waals surface area contributed by atoms with Crippen LogP contribution in [-0.2, 0) is 13.7 Å². The standard InChI is InChI=1S/C13H15FN2OS2/c1-16-11(9-17)8-15-13(16)19-7-6-18-12-4-2-10(14)3-5-12/h2-5,8,17H,6-7,9H2,1H3. The normalized spacial score (nSPS) is 10.9. The minimum Gasteiger partial charge on any atom is -0.390 e. The first-order valence-electron chi connectivity index (χ1n) is 5.83. The fraction of sp³-hybridized carbons (Fsp3) is 0.308. The molecule has 0 unspecified atom stereocenters. The lowest BCUT2D eigenvalue weighted by atomic mass is 10.4. The van der Waals surface area contributed by atoms with Crippen LogP contribution in [0.5, 0.6) is 0 Å². The number of aromatic nitrogens is 2. The second-order valence-corrected chi connectivity index (χ2v) is 6.13. The fourth-order valence-corrected chi connectivity index (χ4v) is 3.38. The molecule has 0 spiro atoms. The summed E-state index contributed by atoms with van der Waals surface area (Å²) in [5.41, 5.74) is 0.814. The van der Waals surface area contributed by atoms with Crippen molar-refractivity contribution in [3.63, 3.8) is 0 Å². The van der Waals surface area contributed by atoms with Gasteiger partial charge in [0.1, 0.15) is 5.82 Å². The average Bonchev–Trinajstić information content (AvgIpc) is 2.77. The molecule has 2 rings (SSSR count). The molecule has 19 heavy (non-hydrogen) atoms. The highest BCUT2D eigenvalue weighted by molar-refractivity contribution is 8.02. The Bertz CT molecular complexity index is 528. The Hall–Kier alpha value is -0.980. The van der Waals surface area contributed by atoms with Crippen LogP contribution in [0, 0.1) is 5.82 Å². The van der Waals surface area contributed by atoms with Crippen molar-refractivity contribution in [3.05, 3.63) is 42.0 Å². The number of halogens is 1. The van der Waals surface area contributed by atoms with E-state index in [9.17, 15) is 4.39 Å². The Morgan fingerprint density at radius 2 is 1.89 bits per heavy atom. The summed E-state index contributed by atoms with van der Waals surface area (Å²) in [6.07, 6.45) is 1.69. The van der Waals surface area contributed by atoms with Crippen LogP contribution < -0.4 is 0 Å². The lowest BCUT2D eigenvalue weighted by Crippen LogP contribution is -1.98. The Labute approximate surface area is 120 Å². The van der Waals surface area contributed by atoms with E-state index in [1.165, 1.54) is 12.1 Å². The number of hydrogen-bond acceptors (Lipinski definition) is 4. The molecule has 0 aliphatic rings. The largest absolute Gasteiger partial charge is 0.390 e. The first-order valence-corrected chi connectivity index (χ1v) is 7.80. The summed E-state index contributed by atoms with van der Waals surface area (Å²) in [5, 5.41) is 9.98. The van der Waals surface area contributed by atoms with Gasteiger partial charge in [-0.05, 0) is 24.3 Å². The molecule has 0 amide bonds. The van der Waals surface area contributed by atoms with Gasteiger partial charge in [-0.2, -0.15) is 0 Å². The van der Waals surface area contributed by atoms with E-state index in [4.69, 9.17) is 5.11 Å². The van der Waals surface area contributed by atoms with Crippen molar-refractivity contribution in [2.24, 2.45) is 7.05 Å². The number of hydrogen-bond donors (Lipinski definition) is 1. The molecule has 1 heterocycles. The Morgan fingerprint density at radius 1 is 1.21 bits per heavy atom. The quantitative estimate of drug-likeness (QED) is 0.657. The van der Waals surface area contributed by atoms with E-state index in [0.717, 1.165) is 27.3 Å². The third kappa shape index (κ3) is 3.99. The monoisotopic (exact) mass is 298 g/mol. The lowest BCUT2D eigenvalue weighted by Gasteiger charge is -2.04. The van der Waals surface area contributed by atoms with Gasteiger partial charge in [0, 0.05) is 23.4 Å². The van der Waals surface area contributed by atoms with Gasteiger partial charge in [0.2, 0.25) is 0 Å². The number of thioether (sulfide) groups is 2. The summed E-state index contributed by atoms with van der Waals surface area (Å²) >= 11 is 3.34. The number of benzene rings is 1. The van der Waals surface area contributed by atoms with E-state index in [-0.39, 0.29) is 12.4 Å². The van der Waals surface area contributed by atoms with E-state index >= 15 is 0 Å². The smallest absolute Gasteiger partial charge is 0.167 e. The van der Waals surface area contributed by atoms with Gasteiger partial charge in [-0.25, -0.2) is 9.37 Å². The first-order chi connectivity index (χ1) is 9.20.